The van der Waals surface area contributed by atoms with Crippen LogP contribution in [0.5, 0.6) is 5.88 Å². The van der Waals surface area contributed by atoms with E-state index in [1.165, 1.54) is 30.0 Å². The van der Waals surface area contributed by atoms with Gasteiger partial charge in [0, 0.05) is 12.1 Å². The van der Waals surface area contributed by atoms with Crippen LogP contribution in [0.15, 0.2) is 23.2 Å². The van der Waals surface area contributed by atoms with Crippen LogP contribution in [-0.2, 0) is 0 Å². The van der Waals surface area contributed by atoms with Gasteiger partial charge in [-0.3, -0.25) is 9.56 Å². The van der Waals surface area contributed by atoms with Crippen molar-refractivity contribution in [1.82, 2.24) is 4.57 Å². The summed E-state index contributed by atoms with van der Waals surface area (Å²) in [6, 6.07) is 3.40. The zero-order valence-electron chi connectivity index (χ0n) is 12.3. The second-order valence-electron chi connectivity index (χ2n) is 5.57. The number of nitrogens with zero attached hydrogens (tertiary/aromatic N) is 2. The van der Waals surface area contributed by atoms with E-state index in [9.17, 15) is 13.9 Å². The minimum Gasteiger partial charge on any atom is -0.493 e. The third-order valence-corrected chi connectivity index (χ3v) is 5.34. The van der Waals surface area contributed by atoms with Crippen LogP contribution in [-0.4, -0.2) is 15.9 Å². The summed E-state index contributed by atoms with van der Waals surface area (Å²) in [7, 11) is 0. The van der Waals surface area contributed by atoms with E-state index >= 15 is 0 Å². The van der Waals surface area contributed by atoms with Crippen LogP contribution in [0.3, 0.4) is 0 Å². The largest absolute Gasteiger partial charge is 0.493 e. The molecule has 1 N–H and O–H groups in total. The molecule has 0 saturated heterocycles. The second kappa shape index (κ2) is 6.88. The Morgan fingerprint density at radius 1 is 1.26 bits per heavy atom. The van der Waals surface area contributed by atoms with Gasteiger partial charge in [0.2, 0.25) is 5.88 Å². The van der Waals surface area contributed by atoms with Gasteiger partial charge < -0.3 is 5.11 Å². The highest BCUT2D eigenvalue weighted by Gasteiger charge is 2.21. The van der Waals surface area contributed by atoms with Crippen LogP contribution < -0.4 is 0 Å². The van der Waals surface area contributed by atoms with Gasteiger partial charge >= 0.3 is 0 Å². The monoisotopic (exact) mass is 354 g/mol. The molecule has 0 aliphatic heterocycles. The molecule has 7 heteroatoms. The van der Waals surface area contributed by atoms with Gasteiger partial charge in [0.15, 0.2) is 9.77 Å². The van der Waals surface area contributed by atoms with Gasteiger partial charge in [0.1, 0.15) is 10.7 Å². The van der Waals surface area contributed by atoms with Crippen LogP contribution >= 0.6 is 23.6 Å². The first kappa shape index (κ1) is 16.3. The lowest BCUT2D eigenvalue weighted by Crippen LogP contribution is -2.12. The summed E-state index contributed by atoms with van der Waals surface area (Å²) in [4.78, 5) is 4.49. The molecule has 0 spiro atoms. The zero-order chi connectivity index (χ0) is 16.4. The molecule has 1 heterocycles. The molecule has 0 unspecified atom stereocenters. The minimum absolute atomic E-state index is 0.0225. The lowest BCUT2D eigenvalue weighted by Gasteiger charge is -2.23. The summed E-state index contributed by atoms with van der Waals surface area (Å²) in [5, 5.41) is 10.4. The molecule has 3 nitrogen and oxygen atoms in total. The van der Waals surface area contributed by atoms with Gasteiger partial charge in [0.05, 0.1) is 11.9 Å². The van der Waals surface area contributed by atoms with E-state index in [1.807, 2.05) is 0 Å². The number of benzene rings is 1. The molecule has 0 atom stereocenters. The average molecular weight is 354 g/mol. The van der Waals surface area contributed by atoms with Crippen LogP contribution in [0, 0.1) is 15.6 Å². The van der Waals surface area contributed by atoms with E-state index in [-0.39, 0.29) is 17.6 Å². The Kier molecular flexibility index (Phi) is 4.87. The molecule has 122 valence electrons. The Morgan fingerprint density at radius 3 is 2.70 bits per heavy atom. The summed E-state index contributed by atoms with van der Waals surface area (Å²) in [6.45, 7) is 0. The van der Waals surface area contributed by atoms with Gasteiger partial charge in [-0.05, 0) is 37.2 Å². The molecule has 23 heavy (non-hydrogen) atoms. The van der Waals surface area contributed by atoms with Gasteiger partial charge in [-0.2, -0.15) is 0 Å². The van der Waals surface area contributed by atoms with E-state index < -0.39 is 11.6 Å². The first-order valence-electron chi connectivity index (χ1n) is 7.49. The number of thiazole rings is 1. The molecule has 0 radical (unpaired) electrons. The highest BCUT2D eigenvalue weighted by Crippen LogP contribution is 2.36. The van der Waals surface area contributed by atoms with E-state index in [2.05, 4.69) is 4.99 Å². The third-order valence-electron chi connectivity index (χ3n) is 4.01. The smallest absolute Gasteiger partial charge is 0.212 e. The molecule has 0 amide bonds. The van der Waals surface area contributed by atoms with Crippen LogP contribution in [0.1, 0.15) is 43.0 Å². The standard InChI is InChI=1S/C16H16F2N2OS2/c17-10-6-7-13(12(18)8-10)19-9-14-15(21)20(16(22)23-14)11-4-2-1-3-5-11/h6-9,11,21H,1-5H2. The number of aromatic hydroxyl groups is 1. The molecular formula is C16H16F2N2OS2. The Hall–Kier alpha value is -1.60. The Morgan fingerprint density at radius 2 is 2.00 bits per heavy atom. The number of hydrogen-bond acceptors (Lipinski definition) is 4. The summed E-state index contributed by atoms with van der Waals surface area (Å²) in [5.41, 5.74) is 0.0225. The Bertz CT molecular complexity index is 792. The van der Waals surface area contributed by atoms with Gasteiger partial charge in [0.25, 0.3) is 0 Å². The maximum absolute atomic E-state index is 13.6. The average Bonchev–Trinajstić information content (AvgIpc) is 2.81. The van der Waals surface area contributed by atoms with Gasteiger partial charge in [-0.25, -0.2) is 8.78 Å². The van der Waals surface area contributed by atoms with Crippen LogP contribution in [0.4, 0.5) is 14.5 Å². The van der Waals surface area contributed by atoms with Crippen LogP contribution in [0.2, 0.25) is 0 Å². The highest BCUT2D eigenvalue weighted by atomic mass is 32.1. The first-order valence-corrected chi connectivity index (χ1v) is 8.72. The molecule has 1 aliphatic carbocycles. The molecule has 3 rings (SSSR count). The quantitative estimate of drug-likeness (QED) is 0.582. The summed E-state index contributed by atoms with van der Waals surface area (Å²) in [6.07, 6.45) is 6.86. The summed E-state index contributed by atoms with van der Waals surface area (Å²) >= 11 is 6.60. The van der Waals surface area contributed by atoms with E-state index in [0.717, 1.165) is 37.8 Å². The predicted molar refractivity (Wildman–Crippen MR) is 90.5 cm³/mol. The van der Waals surface area contributed by atoms with Gasteiger partial charge in [-0.15, -0.1) is 0 Å². The van der Waals surface area contributed by atoms with Crippen molar-refractivity contribution in [2.24, 2.45) is 4.99 Å². The normalized spacial score (nSPS) is 16.3. The Labute approximate surface area is 141 Å². The molecule has 1 aromatic heterocycles. The third kappa shape index (κ3) is 3.50. The van der Waals surface area contributed by atoms with Gasteiger partial charge in [-0.1, -0.05) is 30.6 Å². The van der Waals surface area contributed by atoms with Crippen molar-refractivity contribution in [1.29, 1.82) is 0 Å². The number of hydrogen-bond donors (Lipinski definition) is 1. The van der Waals surface area contributed by atoms with E-state index in [4.69, 9.17) is 12.2 Å². The molecule has 1 fully saturated rings. The van der Waals surface area contributed by atoms with E-state index in [1.54, 1.807) is 4.57 Å². The molecular weight excluding hydrogens is 338 g/mol. The number of halogens is 2. The summed E-state index contributed by atoms with van der Waals surface area (Å²) in [5.74, 6) is -1.31. The lowest BCUT2D eigenvalue weighted by atomic mass is 9.95. The lowest BCUT2D eigenvalue weighted by molar-refractivity contribution is 0.312. The fraction of sp³-hybridized carbons (Fsp3) is 0.375. The van der Waals surface area contributed by atoms with Crippen molar-refractivity contribution in [2.75, 3.05) is 0 Å². The molecule has 1 aliphatic rings. The minimum atomic E-state index is -0.740. The predicted octanol–water partition coefficient (Wildman–Crippen LogP) is 5.52. The molecule has 2 aromatic rings. The highest BCUT2D eigenvalue weighted by molar-refractivity contribution is 7.73. The Balaban J connectivity index is 1.89. The maximum atomic E-state index is 13.6. The molecule has 0 bridgehead atoms. The zero-order valence-corrected chi connectivity index (χ0v) is 14.0. The second-order valence-corrected chi connectivity index (χ2v) is 7.25. The van der Waals surface area contributed by atoms with Crippen molar-refractivity contribution in [3.63, 3.8) is 0 Å². The molecule has 1 saturated carbocycles. The van der Waals surface area contributed by atoms with Crippen molar-refractivity contribution >= 4 is 35.5 Å². The number of aliphatic imine (C=N–C) groups is 1. The van der Waals surface area contributed by atoms with Crippen molar-refractivity contribution < 1.29 is 13.9 Å². The maximum Gasteiger partial charge on any atom is 0.212 e. The SMILES string of the molecule is Oc1c(C=Nc2ccc(F)cc2F)sc(=S)n1C1CCCCC1. The molecule has 1 aromatic carbocycles. The van der Waals surface area contributed by atoms with Crippen LogP contribution in [0.25, 0.3) is 0 Å². The number of rotatable bonds is 3. The van der Waals surface area contributed by atoms with Crippen molar-refractivity contribution in [2.45, 2.75) is 38.1 Å². The topological polar surface area (TPSA) is 37.5 Å². The van der Waals surface area contributed by atoms with Crippen molar-refractivity contribution in [3.05, 3.63) is 38.7 Å². The fourth-order valence-electron chi connectivity index (χ4n) is 2.85. The fourth-order valence-corrected chi connectivity index (χ4v) is 4.18. The van der Waals surface area contributed by atoms with E-state index in [0.29, 0.717) is 8.83 Å². The van der Waals surface area contributed by atoms with Crippen molar-refractivity contribution in [3.8, 4) is 5.88 Å². The summed E-state index contributed by atoms with van der Waals surface area (Å²) < 4.78 is 28.9. The number of aromatic nitrogens is 1. The first-order chi connectivity index (χ1) is 11.1.